The Morgan fingerprint density at radius 2 is 1.94 bits per heavy atom. The lowest BCUT2D eigenvalue weighted by atomic mass is 10.1. The predicted molar refractivity (Wildman–Crippen MR) is 123 cm³/mol. The lowest BCUT2D eigenvalue weighted by Gasteiger charge is -2.27. The number of amides is 4. The first-order valence-corrected chi connectivity index (χ1v) is 13.1. The molecule has 1 atom stereocenters. The SMILES string of the molecule is O=C(NCCN1C(=O)S/C(=C\c2ccccc2)C1=O)C1=NN(C2CCS(=O)(=O)C2)C(=O)CC1. The highest BCUT2D eigenvalue weighted by molar-refractivity contribution is 8.18. The van der Waals surface area contributed by atoms with Crippen LogP contribution in [0.15, 0.2) is 40.3 Å². The van der Waals surface area contributed by atoms with Gasteiger partial charge < -0.3 is 5.32 Å². The molecule has 2 saturated heterocycles. The number of carbonyl (C=O) groups is 4. The van der Waals surface area contributed by atoms with E-state index in [-0.39, 0.29) is 49.1 Å². The van der Waals surface area contributed by atoms with E-state index >= 15 is 0 Å². The average Bonchev–Trinajstić information content (AvgIpc) is 3.27. The van der Waals surface area contributed by atoms with Gasteiger partial charge in [-0.3, -0.25) is 24.1 Å². The summed E-state index contributed by atoms with van der Waals surface area (Å²) in [4.78, 5) is 50.9. The number of hydrogen-bond acceptors (Lipinski definition) is 8. The van der Waals surface area contributed by atoms with Gasteiger partial charge in [0.1, 0.15) is 5.71 Å². The zero-order chi connectivity index (χ0) is 23.6. The van der Waals surface area contributed by atoms with E-state index in [0.717, 1.165) is 27.2 Å². The first-order chi connectivity index (χ1) is 15.7. The van der Waals surface area contributed by atoms with Gasteiger partial charge in [0.25, 0.3) is 17.1 Å². The molecule has 3 heterocycles. The molecule has 0 bridgehead atoms. The van der Waals surface area contributed by atoms with Crippen LogP contribution in [0.5, 0.6) is 0 Å². The van der Waals surface area contributed by atoms with Crippen molar-refractivity contribution in [1.82, 2.24) is 15.2 Å². The van der Waals surface area contributed by atoms with Crippen molar-refractivity contribution in [3.8, 4) is 0 Å². The van der Waals surface area contributed by atoms with Crippen LogP contribution >= 0.6 is 11.8 Å². The minimum absolute atomic E-state index is 0.000665. The van der Waals surface area contributed by atoms with E-state index in [1.165, 1.54) is 0 Å². The van der Waals surface area contributed by atoms with E-state index in [1.807, 2.05) is 30.3 Å². The maximum Gasteiger partial charge on any atom is 0.293 e. The summed E-state index contributed by atoms with van der Waals surface area (Å²) in [6.07, 6.45) is 2.15. The Balaban J connectivity index is 1.34. The highest BCUT2D eigenvalue weighted by Gasteiger charge is 2.38. The number of imide groups is 1. The molecule has 0 radical (unpaired) electrons. The fourth-order valence-electron chi connectivity index (χ4n) is 3.76. The van der Waals surface area contributed by atoms with E-state index in [4.69, 9.17) is 0 Å². The van der Waals surface area contributed by atoms with Crippen LogP contribution in [0.4, 0.5) is 4.79 Å². The number of sulfone groups is 1. The van der Waals surface area contributed by atoms with E-state index < -0.39 is 32.9 Å². The summed E-state index contributed by atoms with van der Waals surface area (Å²) < 4.78 is 23.4. The van der Waals surface area contributed by atoms with E-state index in [2.05, 4.69) is 10.4 Å². The van der Waals surface area contributed by atoms with Gasteiger partial charge >= 0.3 is 0 Å². The predicted octanol–water partition coefficient (Wildman–Crippen LogP) is 1.00. The number of nitrogens with one attached hydrogen (secondary N) is 1. The number of thioether (sulfide) groups is 1. The van der Waals surface area contributed by atoms with Crippen LogP contribution in [-0.4, -0.2) is 77.6 Å². The van der Waals surface area contributed by atoms with Gasteiger partial charge in [0.05, 0.1) is 22.5 Å². The zero-order valence-corrected chi connectivity index (χ0v) is 19.2. The summed E-state index contributed by atoms with van der Waals surface area (Å²) in [6, 6.07) is 8.62. The Bertz CT molecular complexity index is 1160. The number of nitrogens with zero attached hydrogens (tertiary/aromatic N) is 3. The van der Waals surface area contributed by atoms with Gasteiger partial charge in [-0.2, -0.15) is 5.10 Å². The van der Waals surface area contributed by atoms with Crippen molar-refractivity contribution < 1.29 is 27.6 Å². The molecule has 1 aromatic carbocycles. The van der Waals surface area contributed by atoms with Gasteiger partial charge in [0.15, 0.2) is 9.84 Å². The van der Waals surface area contributed by atoms with Crippen LogP contribution in [-0.2, 0) is 24.2 Å². The van der Waals surface area contributed by atoms with Crippen molar-refractivity contribution in [2.24, 2.45) is 5.10 Å². The van der Waals surface area contributed by atoms with Crippen molar-refractivity contribution in [1.29, 1.82) is 0 Å². The molecule has 3 aliphatic rings. The summed E-state index contributed by atoms with van der Waals surface area (Å²) >= 11 is 0.847. The second-order valence-electron chi connectivity index (χ2n) is 7.84. The molecule has 1 aromatic rings. The Labute approximate surface area is 195 Å². The third-order valence-corrected chi connectivity index (χ3v) is 8.13. The Morgan fingerprint density at radius 3 is 2.64 bits per heavy atom. The molecule has 33 heavy (non-hydrogen) atoms. The van der Waals surface area contributed by atoms with Crippen molar-refractivity contribution >= 4 is 56.3 Å². The monoisotopic (exact) mass is 490 g/mol. The standard InChI is InChI=1S/C21H22N4O6S2/c26-18-7-6-16(23-25(18)15-8-11-33(30,31)13-15)19(27)22-9-10-24-20(28)17(32-21(24)29)12-14-4-2-1-3-5-14/h1-5,12,15H,6-11,13H2,(H,22,27)/b17-12-. The summed E-state index contributed by atoms with van der Waals surface area (Å²) in [5, 5.41) is 7.45. The zero-order valence-electron chi connectivity index (χ0n) is 17.6. The van der Waals surface area contributed by atoms with E-state index in [1.54, 1.807) is 6.08 Å². The van der Waals surface area contributed by atoms with Crippen LogP contribution in [0.2, 0.25) is 0 Å². The smallest absolute Gasteiger partial charge is 0.293 e. The number of rotatable bonds is 6. The Hall–Kier alpha value is -2.99. The van der Waals surface area contributed by atoms with Crippen LogP contribution in [0, 0.1) is 0 Å². The fourth-order valence-corrected chi connectivity index (χ4v) is 6.32. The molecule has 1 N–H and O–H groups in total. The summed E-state index contributed by atoms with van der Waals surface area (Å²) in [5.41, 5.74) is 0.929. The lowest BCUT2D eigenvalue weighted by molar-refractivity contribution is -0.133. The molecule has 10 nitrogen and oxygen atoms in total. The highest BCUT2D eigenvalue weighted by atomic mass is 32.2. The molecular formula is C21H22N4O6S2. The molecule has 2 fully saturated rings. The Morgan fingerprint density at radius 1 is 1.18 bits per heavy atom. The van der Waals surface area contributed by atoms with Crippen molar-refractivity contribution in [3.05, 3.63) is 40.8 Å². The van der Waals surface area contributed by atoms with E-state index in [9.17, 15) is 27.6 Å². The molecule has 1 unspecified atom stereocenters. The molecule has 0 saturated carbocycles. The lowest BCUT2D eigenvalue weighted by Crippen LogP contribution is -2.45. The molecular weight excluding hydrogens is 468 g/mol. The second kappa shape index (κ2) is 9.48. The molecule has 12 heteroatoms. The minimum Gasteiger partial charge on any atom is -0.349 e. The third kappa shape index (κ3) is 5.33. The first kappa shape index (κ1) is 23.2. The molecule has 4 rings (SSSR count). The van der Waals surface area contributed by atoms with Gasteiger partial charge in [-0.05, 0) is 29.8 Å². The summed E-state index contributed by atoms with van der Waals surface area (Å²) in [6.45, 7) is 0.0274. The number of benzene rings is 1. The van der Waals surface area contributed by atoms with Gasteiger partial charge in [0, 0.05) is 25.9 Å². The average molecular weight is 491 g/mol. The van der Waals surface area contributed by atoms with Crippen molar-refractivity contribution in [2.45, 2.75) is 25.3 Å². The minimum atomic E-state index is -3.20. The van der Waals surface area contributed by atoms with Gasteiger partial charge in [-0.25, -0.2) is 13.4 Å². The summed E-state index contributed by atoms with van der Waals surface area (Å²) in [7, 11) is -3.20. The van der Waals surface area contributed by atoms with Crippen molar-refractivity contribution in [3.63, 3.8) is 0 Å². The van der Waals surface area contributed by atoms with Gasteiger partial charge in [-0.1, -0.05) is 30.3 Å². The molecule has 0 aromatic heterocycles. The maximum absolute atomic E-state index is 12.6. The summed E-state index contributed by atoms with van der Waals surface area (Å²) in [5.74, 6) is -1.41. The Kier molecular flexibility index (Phi) is 6.66. The number of hydrogen-bond donors (Lipinski definition) is 1. The molecule has 3 aliphatic heterocycles. The topological polar surface area (TPSA) is 133 Å². The highest BCUT2D eigenvalue weighted by Crippen LogP contribution is 2.31. The van der Waals surface area contributed by atoms with Crippen molar-refractivity contribution in [2.75, 3.05) is 24.6 Å². The number of carbonyl (C=O) groups excluding carboxylic acids is 4. The normalized spacial score (nSPS) is 23.9. The molecule has 0 spiro atoms. The van der Waals surface area contributed by atoms with E-state index in [0.29, 0.717) is 11.3 Å². The number of hydrazone groups is 1. The fraction of sp³-hybridized carbons (Fsp3) is 0.381. The van der Waals surface area contributed by atoms with Crippen LogP contribution in [0.3, 0.4) is 0 Å². The van der Waals surface area contributed by atoms with Crippen LogP contribution < -0.4 is 5.32 Å². The van der Waals surface area contributed by atoms with Gasteiger partial charge in [-0.15, -0.1) is 0 Å². The maximum atomic E-state index is 12.6. The van der Waals surface area contributed by atoms with Crippen LogP contribution in [0.1, 0.15) is 24.8 Å². The third-order valence-electron chi connectivity index (χ3n) is 5.47. The first-order valence-electron chi connectivity index (χ1n) is 10.4. The second-order valence-corrected chi connectivity index (χ2v) is 11.1. The van der Waals surface area contributed by atoms with Crippen LogP contribution in [0.25, 0.3) is 6.08 Å². The van der Waals surface area contributed by atoms with Gasteiger partial charge in [0.2, 0.25) is 5.91 Å². The largest absolute Gasteiger partial charge is 0.349 e. The molecule has 0 aliphatic carbocycles. The molecule has 174 valence electrons. The quantitative estimate of drug-likeness (QED) is 0.588. The molecule has 4 amide bonds.